The normalized spacial score (nSPS) is 11.9. The fourth-order valence-electron chi connectivity index (χ4n) is 2.41. The lowest BCUT2D eigenvalue weighted by molar-refractivity contribution is -0.129. The lowest BCUT2D eigenvalue weighted by atomic mass is 10.1. The maximum Gasteiger partial charge on any atom is 0.273 e. The van der Waals surface area contributed by atoms with Crippen LogP contribution in [0.5, 0.6) is 5.75 Å². The minimum absolute atomic E-state index is 0.502. The third-order valence-electron chi connectivity index (χ3n) is 3.88. The van der Waals surface area contributed by atoms with Gasteiger partial charge in [-0.05, 0) is 41.0 Å². The molecular formula is C22H20N2O3. The molecule has 0 unspecified atom stereocenters. The Balaban J connectivity index is 1.49. The van der Waals surface area contributed by atoms with Gasteiger partial charge in [0.2, 0.25) is 0 Å². The molecule has 0 saturated carbocycles. The molecule has 1 amide bonds. The molecule has 27 heavy (non-hydrogen) atoms. The molecule has 0 spiro atoms. The van der Waals surface area contributed by atoms with Gasteiger partial charge in [0, 0.05) is 0 Å². The van der Waals surface area contributed by atoms with Crippen molar-refractivity contribution in [3.63, 3.8) is 0 Å². The maximum atomic E-state index is 11.9. The second kappa shape index (κ2) is 9.31. The van der Waals surface area contributed by atoms with E-state index in [1.807, 2.05) is 60.7 Å². The molecular weight excluding hydrogens is 340 g/mol. The molecule has 0 radical (unpaired) electrons. The van der Waals surface area contributed by atoms with Gasteiger partial charge in [0.15, 0.2) is 6.10 Å². The fraction of sp³-hybridized carbons (Fsp3) is 0.0909. The van der Waals surface area contributed by atoms with E-state index in [1.165, 1.54) is 6.21 Å². The predicted octanol–water partition coefficient (Wildman–Crippen LogP) is 3.45. The van der Waals surface area contributed by atoms with Crippen LogP contribution in [-0.2, 0) is 11.4 Å². The van der Waals surface area contributed by atoms with Crippen LogP contribution < -0.4 is 10.2 Å². The number of amides is 1. The molecule has 2 N–H and O–H groups in total. The standard InChI is InChI=1S/C22H20N2O3/c25-21(19-9-5-2-6-10-19)22(26)24-23-15-17-11-13-20(14-12-17)27-16-18-7-3-1-4-8-18/h1-15,21,25H,16H2,(H,24,26)/b23-15-/t21-/m1/s1. The highest BCUT2D eigenvalue weighted by Crippen LogP contribution is 2.14. The molecule has 0 aliphatic carbocycles. The van der Waals surface area contributed by atoms with Crippen LogP contribution in [0.2, 0.25) is 0 Å². The van der Waals surface area contributed by atoms with Gasteiger partial charge in [0.05, 0.1) is 6.21 Å². The zero-order chi connectivity index (χ0) is 18.9. The summed E-state index contributed by atoms with van der Waals surface area (Å²) in [6.45, 7) is 0.502. The third-order valence-corrected chi connectivity index (χ3v) is 3.88. The van der Waals surface area contributed by atoms with Gasteiger partial charge in [-0.25, -0.2) is 5.43 Å². The molecule has 0 heterocycles. The third kappa shape index (κ3) is 5.52. The number of nitrogens with one attached hydrogen (secondary N) is 1. The minimum atomic E-state index is -1.25. The number of hydrogen-bond acceptors (Lipinski definition) is 4. The van der Waals surface area contributed by atoms with Crippen LogP contribution in [0.1, 0.15) is 22.8 Å². The lowest BCUT2D eigenvalue weighted by Crippen LogP contribution is -2.25. The minimum Gasteiger partial charge on any atom is -0.489 e. The van der Waals surface area contributed by atoms with E-state index in [0.717, 1.165) is 16.9 Å². The molecule has 5 heteroatoms. The molecule has 0 aliphatic heterocycles. The SMILES string of the molecule is O=C(N/N=C\c1ccc(OCc2ccccc2)cc1)[C@H](O)c1ccccc1. The van der Waals surface area contributed by atoms with E-state index >= 15 is 0 Å². The van der Waals surface area contributed by atoms with Crippen molar-refractivity contribution in [1.29, 1.82) is 0 Å². The van der Waals surface area contributed by atoms with Crippen molar-refractivity contribution in [3.8, 4) is 5.75 Å². The van der Waals surface area contributed by atoms with Crippen molar-refractivity contribution in [2.24, 2.45) is 5.10 Å². The Labute approximate surface area is 157 Å². The van der Waals surface area contributed by atoms with Crippen LogP contribution in [0.3, 0.4) is 0 Å². The first-order chi connectivity index (χ1) is 13.2. The van der Waals surface area contributed by atoms with Crippen molar-refractivity contribution < 1.29 is 14.6 Å². The number of aliphatic hydroxyl groups is 1. The van der Waals surface area contributed by atoms with Crippen LogP contribution >= 0.6 is 0 Å². The second-order valence-corrected chi connectivity index (χ2v) is 5.89. The molecule has 1 atom stereocenters. The molecule has 0 fully saturated rings. The van der Waals surface area contributed by atoms with Gasteiger partial charge in [-0.15, -0.1) is 0 Å². The predicted molar refractivity (Wildman–Crippen MR) is 104 cm³/mol. The van der Waals surface area contributed by atoms with Crippen LogP contribution in [0.4, 0.5) is 0 Å². The zero-order valence-corrected chi connectivity index (χ0v) is 14.7. The summed E-state index contributed by atoms with van der Waals surface area (Å²) in [6, 6.07) is 26.0. The molecule has 0 aliphatic rings. The first-order valence-corrected chi connectivity index (χ1v) is 8.55. The van der Waals surface area contributed by atoms with E-state index in [2.05, 4.69) is 10.5 Å². The van der Waals surface area contributed by atoms with E-state index in [1.54, 1.807) is 24.3 Å². The Morgan fingerprint density at radius 1 is 0.963 bits per heavy atom. The first kappa shape index (κ1) is 18.4. The van der Waals surface area contributed by atoms with E-state index in [-0.39, 0.29) is 0 Å². The smallest absolute Gasteiger partial charge is 0.273 e. The highest BCUT2D eigenvalue weighted by Gasteiger charge is 2.15. The Morgan fingerprint density at radius 2 is 1.59 bits per heavy atom. The number of carbonyl (C=O) groups excluding carboxylic acids is 1. The molecule has 3 aromatic carbocycles. The summed E-state index contributed by atoms with van der Waals surface area (Å²) in [5, 5.41) is 13.9. The largest absolute Gasteiger partial charge is 0.489 e. The van der Waals surface area contributed by atoms with E-state index in [9.17, 15) is 9.90 Å². The number of hydrogen-bond donors (Lipinski definition) is 2. The average Bonchev–Trinajstić information content (AvgIpc) is 2.74. The fourth-order valence-corrected chi connectivity index (χ4v) is 2.41. The Morgan fingerprint density at radius 3 is 2.26 bits per heavy atom. The quantitative estimate of drug-likeness (QED) is 0.501. The van der Waals surface area contributed by atoms with Gasteiger partial charge >= 0.3 is 0 Å². The van der Waals surface area contributed by atoms with Gasteiger partial charge < -0.3 is 9.84 Å². The summed E-state index contributed by atoms with van der Waals surface area (Å²) in [6.07, 6.45) is 0.258. The number of carbonyl (C=O) groups is 1. The van der Waals surface area contributed by atoms with E-state index in [4.69, 9.17) is 4.74 Å². The van der Waals surface area contributed by atoms with Crippen molar-refractivity contribution in [1.82, 2.24) is 5.43 Å². The van der Waals surface area contributed by atoms with Crippen LogP contribution in [0.15, 0.2) is 90.0 Å². The first-order valence-electron chi connectivity index (χ1n) is 8.55. The number of rotatable bonds is 7. The summed E-state index contributed by atoms with van der Waals surface area (Å²) in [5.41, 5.74) is 4.76. The summed E-state index contributed by atoms with van der Waals surface area (Å²) in [7, 11) is 0. The second-order valence-electron chi connectivity index (χ2n) is 5.89. The average molecular weight is 360 g/mol. The lowest BCUT2D eigenvalue weighted by Gasteiger charge is -2.08. The van der Waals surface area contributed by atoms with Gasteiger partial charge in [-0.1, -0.05) is 60.7 Å². The monoisotopic (exact) mass is 360 g/mol. The molecule has 3 rings (SSSR count). The summed E-state index contributed by atoms with van der Waals surface area (Å²) < 4.78 is 5.72. The highest BCUT2D eigenvalue weighted by molar-refractivity contribution is 5.85. The van der Waals surface area contributed by atoms with Crippen LogP contribution in [0, 0.1) is 0 Å². The van der Waals surface area contributed by atoms with Crippen molar-refractivity contribution >= 4 is 12.1 Å². The molecule has 5 nitrogen and oxygen atoms in total. The Bertz CT molecular complexity index is 878. The Kier molecular flexibility index (Phi) is 6.33. The number of nitrogens with zero attached hydrogens (tertiary/aromatic N) is 1. The summed E-state index contributed by atoms with van der Waals surface area (Å²) in [5.74, 6) is 0.166. The van der Waals surface area contributed by atoms with E-state index < -0.39 is 12.0 Å². The van der Waals surface area contributed by atoms with Gasteiger partial charge in [-0.3, -0.25) is 4.79 Å². The van der Waals surface area contributed by atoms with Crippen LogP contribution in [-0.4, -0.2) is 17.2 Å². The molecule has 136 valence electrons. The van der Waals surface area contributed by atoms with Gasteiger partial charge in [0.25, 0.3) is 5.91 Å². The van der Waals surface area contributed by atoms with E-state index in [0.29, 0.717) is 12.2 Å². The van der Waals surface area contributed by atoms with Gasteiger partial charge in [0.1, 0.15) is 12.4 Å². The summed E-state index contributed by atoms with van der Waals surface area (Å²) >= 11 is 0. The highest BCUT2D eigenvalue weighted by atomic mass is 16.5. The number of benzene rings is 3. The van der Waals surface area contributed by atoms with Gasteiger partial charge in [-0.2, -0.15) is 5.10 Å². The number of aliphatic hydroxyl groups excluding tert-OH is 1. The Hall–Kier alpha value is -3.44. The van der Waals surface area contributed by atoms with Crippen LogP contribution in [0.25, 0.3) is 0 Å². The number of hydrazone groups is 1. The summed E-state index contributed by atoms with van der Waals surface area (Å²) in [4.78, 5) is 11.9. The molecule has 3 aromatic rings. The molecule has 0 aromatic heterocycles. The van der Waals surface area contributed by atoms with Crippen molar-refractivity contribution in [3.05, 3.63) is 102 Å². The zero-order valence-electron chi connectivity index (χ0n) is 14.7. The topological polar surface area (TPSA) is 70.9 Å². The van der Waals surface area contributed by atoms with Crippen molar-refractivity contribution in [2.75, 3.05) is 0 Å². The molecule has 0 bridgehead atoms. The molecule has 0 saturated heterocycles. The maximum absolute atomic E-state index is 11.9. The van der Waals surface area contributed by atoms with Crippen molar-refractivity contribution in [2.45, 2.75) is 12.7 Å². The number of ether oxygens (including phenoxy) is 1.